The maximum Gasteiger partial charge on any atom is 0.143 e. The summed E-state index contributed by atoms with van der Waals surface area (Å²) in [5.41, 5.74) is 2.52. The van der Waals surface area contributed by atoms with Crippen LogP contribution in [-0.2, 0) is 0 Å². The number of hydrogen-bond donors (Lipinski definition) is 0. The van der Waals surface area contributed by atoms with Gasteiger partial charge in [-0.25, -0.2) is 0 Å². The van der Waals surface area contributed by atoms with Crippen LogP contribution in [0.2, 0.25) is 0 Å². The van der Waals surface area contributed by atoms with Gasteiger partial charge in [-0.05, 0) is 28.3 Å². The van der Waals surface area contributed by atoms with E-state index in [2.05, 4.69) is 48.5 Å². The first kappa shape index (κ1) is 11.9. The normalized spacial score (nSPS) is 11.8. The van der Waals surface area contributed by atoms with E-state index in [0.717, 1.165) is 32.8 Å². The van der Waals surface area contributed by atoms with E-state index < -0.39 is 0 Å². The van der Waals surface area contributed by atoms with Crippen molar-refractivity contribution in [2.75, 3.05) is 0 Å². The maximum absolute atomic E-state index is 6.17. The van der Waals surface area contributed by atoms with Gasteiger partial charge in [0.15, 0.2) is 0 Å². The van der Waals surface area contributed by atoms with Crippen molar-refractivity contribution >= 4 is 56.8 Å². The summed E-state index contributed by atoms with van der Waals surface area (Å²) >= 11 is 0. The molecule has 0 N–H and O–H groups in total. The molecule has 0 unspecified atom stereocenters. The Bertz CT molecular complexity index is 1180. The molecule has 1 nitrogen and oxygen atoms in total. The van der Waals surface area contributed by atoms with E-state index in [1.165, 1.54) is 16.2 Å². The van der Waals surface area contributed by atoms with E-state index in [4.69, 9.17) is 12.3 Å². The Morgan fingerprint density at radius 3 is 2.41 bits per heavy atom. The number of fused-ring (bicyclic) bond motifs is 7. The number of benzene rings is 4. The van der Waals surface area contributed by atoms with Gasteiger partial charge in [0.1, 0.15) is 19.0 Å². The molecule has 2 radical (unpaired) electrons. The minimum absolute atomic E-state index is 0.760. The quantitative estimate of drug-likeness (QED) is 0.296. The Morgan fingerprint density at radius 2 is 1.45 bits per heavy atom. The van der Waals surface area contributed by atoms with E-state index >= 15 is 0 Å². The minimum Gasteiger partial charge on any atom is -0.455 e. The van der Waals surface area contributed by atoms with Crippen LogP contribution < -0.4 is 5.46 Å². The highest BCUT2D eigenvalue weighted by Crippen LogP contribution is 2.36. The molecule has 2 heteroatoms. The molecule has 0 amide bonds. The first-order chi connectivity index (χ1) is 10.8. The van der Waals surface area contributed by atoms with Crippen molar-refractivity contribution in [3.63, 3.8) is 0 Å². The molecule has 0 aliphatic rings. The van der Waals surface area contributed by atoms with Gasteiger partial charge in [0, 0.05) is 16.2 Å². The van der Waals surface area contributed by atoms with Crippen molar-refractivity contribution in [2.24, 2.45) is 0 Å². The summed E-state index contributed by atoms with van der Waals surface area (Å²) in [6, 6.07) is 22.8. The Balaban J connectivity index is 2.14. The molecule has 0 atom stereocenters. The molecule has 100 valence electrons. The first-order valence-electron chi connectivity index (χ1n) is 7.34. The molecule has 5 rings (SSSR count). The lowest BCUT2D eigenvalue weighted by molar-refractivity contribution is 0.673. The summed E-state index contributed by atoms with van der Waals surface area (Å²) in [4.78, 5) is 0. The van der Waals surface area contributed by atoms with Crippen LogP contribution in [0.25, 0.3) is 43.5 Å². The van der Waals surface area contributed by atoms with Crippen LogP contribution >= 0.6 is 0 Å². The molecule has 1 heterocycles. The zero-order chi connectivity index (χ0) is 14.7. The van der Waals surface area contributed by atoms with Gasteiger partial charge in [-0.15, -0.1) is 0 Å². The smallest absolute Gasteiger partial charge is 0.143 e. The van der Waals surface area contributed by atoms with Crippen LogP contribution in [0.3, 0.4) is 0 Å². The fourth-order valence-corrected chi connectivity index (χ4v) is 3.40. The molecule has 0 bridgehead atoms. The molecule has 0 aliphatic carbocycles. The van der Waals surface area contributed by atoms with Crippen LogP contribution in [0.15, 0.2) is 71.1 Å². The zero-order valence-electron chi connectivity index (χ0n) is 11.8. The van der Waals surface area contributed by atoms with E-state index in [0.29, 0.717) is 0 Å². The van der Waals surface area contributed by atoms with E-state index in [1.807, 2.05) is 18.2 Å². The van der Waals surface area contributed by atoms with Gasteiger partial charge >= 0.3 is 0 Å². The van der Waals surface area contributed by atoms with Crippen molar-refractivity contribution < 1.29 is 4.42 Å². The lowest BCUT2D eigenvalue weighted by Crippen LogP contribution is -2.01. The third kappa shape index (κ3) is 1.44. The van der Waals surface area contributed by atoms with E-state index in [9.17, 15) is 0 Å². The van der Waals surface area contributed by atoms with Crippen LogP contribution in [0, 0.1) is 0 Å². The zero-order valence-corrected chi connectivity index (χ0v) is 11.8. The van der Waals surface area contributed by atoms with Gasteiger partial charge in [0.05, 0.1) is 0 Å². The predicted molar refractivity (Wildman–Crippen MR) is 94.1 cm³/mol. The summed E-state index contributed by atoms with van der Waals surface area (Å²) in [6.45, 7) is 0. The summed E-state index contributed by atoms with van der Waals surface area (Å²) in [6.07, 6.45) is 0. The largest absolute Gasteiger partial charge is 0.455 e. The van der Waals surface area contributed by atoms with Crippen molar-refractivity contribution in [3.05, 3.63) is 66.7 Å². The van der Waals surface area contributed by atoms with Crippen LogP contribution in [0.1, 0.15) is 0 Å². The molecule has 0 saturated heterocycles. The highest BCUT2D eigenvalue weighted by molar-refractivity contribution is 6.42. The summed E-state index contributed by atoms with van der Waals surface area (Å²) in [5.74, 6) is 0. The van der Waals surface area contributed by atoms with Crippen LogP contribution in [0.5, 0.6) is 0 Å². The fourth-order valence-electron chi connectivity index (χ4n) is 3.40. The molecule has 4 aromatic carbocycles. The monoisotopic (exact) mass is 278 g/mol. The van der Waals surface area contributed by atoms with Gasteiger partial charge in [-0.3, -0.25) is 0 Å². The fraction of sp³-hybridized carbons (Fsp3) is 0. The summed E-state index contributed by atoms with van der Waals surface area (Å²) < 4.78 is 6.17. The summed E-state index contributed by atoms with van der Waals surface area (Å²) in [5, 5.41) is 6.86. The molecule has 0 aliphatic heterocycles. The highest BCUT2D eigenvalue weighted by Gasteiger charge is 2.13. The van der Waals surface area contributed by atoms with E-state index in [1.54, 1.807) is 0 Å². The van der Waals surface area contributed by atoms with Gasteiger partial charge in [-0.2, -0.15) is 0 Å². The molecule has 0 spiro atoms. The molecular formula is C20H11BO. The number of hydrogen-bond acceptors (Lipinski definition) is 1. The molecule has 1 aromatic heterocycles. The number of rotatable bonds is 0. The van der Waals surface area contributed by atoms with Gasteiger partial charge in [0.2, 0.25) is 0 Å². The van der Waals surface area contributed by atoms with E-state index in [-0.39, 0.29) is 0 Å². The minimum atomic E-state index is 0.760. The third-order valence-electron chi connectivity index (χ3n) is 4.40. The first-order valence-corrected chi connectivity index (χ1v) is 7.34. The predicted octanol–water partition coefficient (Wildman–Crippen LogP) is 4.69. The second-order valence-corrected chi connectivity index (χ2v) is 5.65. The van der Waals surface area contributed by atoms with Crippen LogP contribution in [-0.4, -0.2) is 7.85 Å². The molecular weight excluding hydrogens is 267 g/mol. The lowest BCUT2D eigenvalue weighted by atomic mass is 9.90. The van der Waals surface area contributed by atoms with Gasteiger partial charge < -0.3 is 4.42 Å². The average Bonchev–Trinajstić information content (AvgIpc) is 2.94. The third-order valence-corrected chi connectivity index (χ3v) is 4.40. The van der Waals surface area contributed by atoms with Crippen molar-refractivity contribution in [3.8, 4) is 0 Å². The average molecular weight is 278 g/mol. The lowest BCUT2D eigenvalue weighted by Gasteiger charge is -2.04. The summed E-state index contributed by atoms with van der Waals surface area (Å²) in [7, 11) is 6.16. The Morgan fingerprint density at radius 1 is 0.636 bits per heavy atom. The van der Waals surface area contributed by atoms with Crippen molar-refractivity contribution in [2.45, 2.75) is 0 Å². The highest BCUT2D eigenvalue weighted by atomic mass is 16.3. The Hall–Kier alpha value is -2.74. The second kappa shape index (κ2) is 4.14. The Kier molecular flexibility index (Phi) is 2.23. The standard InChI is InChI=1S/C20H11BO/c21-16-6-3-7-17-19(16)15-11-10-13-9-8-12-4-1-2-5-14(12)18(13)20(15)22-17/h1-11H. The van der Waals surface area contributed by atoms with Crippen molar-refractivity contribution in [1.29, 1.82) is 0 Å². The second-order valence-electron chi connectivity index (χ2n) is 5.65. The molecule has 5 aromatic rings. The van der Waals surface area contributed by atoms with Crippen LogP contribution in [0.4, 0.5) is 0 Å². The number of furan rings is 1. The maximum atomic E-state index is 6.17. The molecule has 0 fully saturated rings. The SMILES string of the molecule is [B]c1cccc2oc3c(ccc4ccc5ccccc5c43)c12. The van der Waals surface area contributed by atoms with Gasteiger partial charge in [0.25, 0.3) is 0 Å². The van der Waals surface area contributed by atoms with Gasteiger partial charge in [-0.1, -0.05) is 60.1 Å². The van der Waals surface area contributed by atoms with Crippen molar-refractivity contribution in [1.82, 2.24) is 0 Å². The Labute approximate surface area is 128 Å². The topological polar surface area (TPSA) is 13.1 Å². The molecule has 0 saturated carbocycles. The molecule has 22 heavy (non-hydrogen) atoms.